The first-order chi connectivity index (χ1) is 14.8. The number of carbonyl (C=O) groups is 1. The SMILES string of the molecule is CCCCCC[C@@H]1CCN[C@H](C(=O)NC([C@H]2OC(SC)C(O)C(O)C2O)[C@H](C)Cl)CC1. The molecule has 0 aromatic rings. The fraction of sp³-hybridized carbons (Fsp3) is 0.955. The lowest BCUT2D eigenvalue weighted by Gasteiger charge is -2.44. The molecule has 0 aromatic carbocycles. The Bertz CT molecular complexity index is 542. The number of rotatable bonds is 10. The van der Waals surface area contributed by atoms with Crippen molar-refractivity contribution in [1.29, 1.82) is 0 Å². The molecular formula is C22H41ClN2O5S. The number of amides is 1. The predicted octanol–water partition coefficient (Wildman–Crippen LogP) is 2.00. The Morgan fingerprint density at radius 2 is 1.90 bits per heavy atom. The number of alkyl halides is 1. The molecule has 2 saturated heterocycles. The molecule has 2 aliphatic heterocycles. The summed E-state index contributed by atoms with van der Waals surface area (Å²) in [7, 11) is 0. The van der Waals surface area contributed by atoms with Gasteiger partial charge in [0.1, 0.15) is 29.9 Å². The van der Waals surface area contributed by atoms with E-state index in [1.807, 2.05) is 0 Å². The first kappa shape index (κ1) is 27.2. The van der Waals surface area contributed by atoms with Gasteiger partial charge < -0.3 is 30.7 Å². The molecule has 2 heterocycles. The van der Waals surface area contributed by atoms with Crippen molar-refractivity contribution >= 4 is 29.3 Å². The van der Waals surface area contributed by atoms with E-state index >= 15 is 0 Å². The number of halogens is 1. The lowest BCUT2D eigenvalue weighted by Crippen LogP contribution is -2.65. The molecule has 9 atom stereocenters. The van der Waals surface area contributed by atoms with E-state index in [0.717, 1.165) is 25.8 Å². The molecule has 9 heteroatoms. The van der Waals surface area contributed by atoms with E-state index in [2.05, 4.69) is 17.6 Å². The molecule has 0 saturated carbocycles. The molecule has 1 amide bonds. The quantitative estimate of drug-likeness (QED) is 0.240. The van der Waals surface area contributed by atoms with Crippen LogP contribution in [-0.4, -0.2) is 81.3 Å². The highest BCUT2D eigenvalue weighted by molar-refractivity contribution is 7.99. The van der Waals surface area contributed by atoms with Crippen LogP contribution < -0.4 is 10.6 Å². The van der Waals surface area contributed by atoms with Crippen LogP contribution >= 0.6 is 23.4 Å². The largest absolute Gasteiger partial charge is 0.388 e. The maximum Gasteiger partial charge on any atom is 0.237 e. The summed E-state index contributed by atoms with van der Waals surface area (Å²) < 4.78 is 5.83. The van der Waals surface area contributed by atoms with Crippen LogP contribution in [0.5, 0.6) is 0 Å². The lowest BCUT2D eigenvalue weighted by atomic mass is 9.92. The van der Waals surface area contributed by atoms with Gasteiger partial charge in [-0.05, 0) is 44.9 Å². The number of unbranched alkanes of at least 4 members (excludes halogenated alkanes) is 3. The molecule has 182 valence electrons. The number of thioether (sulfide) groups is 1. The minimum atomic E-state index is -1.37. The van der Waals surface area contributed by atoms with Crippen molar-refractivity contribution in [2.24, 2.45) is 5.92 Å². The summed E-state index contributed by atoms with van der Waals surface area (Å²) in [5, 5.41) is 36.6. The molecule has 7 nitrogen and oxygen atoms in total. The molecule has 31 heavy (non-hydrogen) atoms. The second-order valence-corrected chi connectivity index (χ2v) is 10.6. The van der Waals surface area contributed by atoms with Crippen molar-refractivity contribution in [3.05, 3.63) is 0 Å². The van der Waals surface area contributed by atoms with Crippen LogP contribution in [0.4, 0.5) is 0 Å². The standard InChI is InChI=1S/C22H41ClN2O5S/c1-4-5-6-7-8-14-9-10-15(24-12-11-14)21(29)25-16(13(2)23)20-18(27)17(26)19(28)22(30-20)31-3/h13-20,22,24,26-28H,4-12H2,1-3H3,(H,25,29)/t13-,14-,15-,16?,17?,18?,19?,20+,22?/m0/s1. The first-order valence-electron chi connectivity index (χ1n) is 11.7. The van der Waals surface area contributed by atoms with Crippen LogP contribution in [0.2, 0.25) is 0 Å². The van der Waals surface area contributed by atoms with Gasteiger partial charge in [-0.25, -0.2) is 0 Å². The molecule has 0 spiro atoms. The second-order valence-electron chi connectivity index (χ2n) is 8.98. The molecule has 5 N–H and O–H groups in total. The molecule has 0 bridgehead atoms. The van der Waals surface area contributed by atoms with Gasteiger partial charge >= 0.3 is 0 Å². The van der Waals surface area contributed by atoms with Crippen LogP contribution in [0.25, 0.3) is 0 Å². The third-order valence-corrected chi connectivity index (χ3v) is 7.71. The van der Waals surface area contributed by atoms with Crippen molar-refractivity contribution in [1.82, 2.24) is 10.6 Å². The highest BCUT2D eigenvalue weighted by atomic mass is 35.5. The Morgan fingerprint density at radius 3 is 2.55 bits per heavy atom. The summed E-state index contributed by atoms with van der Waals surface area (Å²) in [6, 6.07) is -1.01. The van der Waals surface area contributed by atoms with Crippen LogP contribution in [0.15, 0.2) is 0 Å². The fourth-order valence-electron chi connectivity index (χ4n) is 4.57. The van der Waals surface area contributed by atoms with Crippen LogP contribution in [-0.2, 0) is 9.53 Å². The molecular weight excluding hydrogens is 440 g/mol. The fourth-order valence-corrected chi connectivity index (χ4v) is 5.46. The summed E-state index contributed by atoms with van der Waals surface area (Å²) in [5.41, 5.74) is -0.706. The second kappa shape index (κ2) is 13.6. The van der Waals surface area contributed by atoms with Gasteiger partial charge in [0.05, 0.1) is 17.5 Å². The van der Waals surface area contributed by atoms with Gasteiger partial charge in [0, 0.05) is 0 Å². The van der Waals surface area contributed by atoms with Crippen molar-refractivity contribution in [2.75, 3.05) is 12.8 Å². The zero-order valence-corrected chi connectivity index (χ0v) is 20.6. The van der Waals surface area contributed by atoms with Crippen molar-refractivity contribution in [3.8, 4) is 0 Å². The summed E-state index contributed by atoms with van der Waals surface area (Å²) in [5.74, 6) is 0.480. The smallest absolute Gasteiger partial charge is 0.237 e. The van der Waals surface area contributed by atoms with Gasteiger partial charge in [0.15, 0.2) is 0 Å². The summed E-state index contributed by atoms with van der Waals surface area (Å²) in [6.07, 6.45) is 6.04. The summed E-state index contributed by atoms with van der Waals surface area (Å²) in [4.78, 5) is 13.0. The Balaban J connectivity index is 1.94. The number of nitrogens with one attached hydrogen (secondary N) is 2. The maximum atomic E-state index is 13.0. The molecule has 2 rings (SSSR count). The zero-order valence-electron chi connectivity index (χ0n) is 19.0. The zero-order chi connectivity index (χ0) is 23.0. The van der Waals surface area contributed by atoms with Crippen molar-refractivity contribution < 1.29 is 24.9 Å². The minimum absolute atomic E-state index is 0.166. The van der Waals surface area contributed by atoms with Gasteiger partial charge in [-0.3, -0.25) is 4.79 Å². The average molecular weight is 481 g/mol. The third kappa shape index (κ3) is 7.73. The highest BCUT2D eigenvalue weighted by Gasteiger charge is 2.48. The van der Waals surface area contributed by atoms with Crippen LogP contribution in [0.3, 0.4) is 0 Å². The number of hydrogen-bond donors (Lipinski definition) is 5. The van der Waals surface area contributed by atoms with Gasteiger partial charge in [-0.1, -0.05) is 39.0 Å². The number of hydrogen-bond acceptors (Lipinski definition) is 7. The Kier molecular flexibility index (Phi) is 11.9. The van der Waals surface area contributed by atoms with E-state index in [4.69, 9.17) is 16.3 Å². The monoisotopic (exact) mass is 480 g/mol. The predicted molar refractivity (Wildman–Crippen MR) is 125 cm³/mol. The van der Waals surface area contributed by atoms with Gasteiger partial charge in [0.2, 0.25) is 5.91 Å². The molecule has 0 aromatic heterocycles. The van der Waals surface area contributed by atoms with Gasteiger partial charge in [-0.2, -0.15) is 0 Å². The molecule has 2 fully saturated rings. The average Bonchev–Trinajstić information content (AvgIpc) is 2.99. The van der Waals surface area contributed by atoms with E-state index in [9.17, 15) is 20.1 Å². The Labute approximate surface area is 196 Å². The van der Waals surface area contributed by atoms with Crippen LogP contribution in [0, 0.1) is 5.92 Å². The van der Waals surface area contributed by atoms with Gasteiger partial charge in [-0.15, -0.1) is 23.4 Å². The van der Waals surface area contributed by atoms with Crippen molar-refractivity contribution in [2.45, 2.75) is 113 Å². The molecule has 5 unspecified atom stereocenters. The van der Waals surface area contributed by atoms with Crippen molar-refractivity contribution in [3.63, 3.8) is 0 Å². The molecule has 0 radical (unpaired) electrons. The summed E-state index contributed by atoms with van der Waals surface area (Å²) >= 11 is 7.60. The van der Waals surface area contributed by atoms with Crippen LogP contribution in [0.1, 0.15) is 65.2 Å². The number of ether oxygens (including phenoxy) is 1. The highest BCUT2D eigenvalue weighted by Crippen LogP contribution is 2.30. The minimum Gasteiger partial charge on any atom is -0.388 e. The Morgan fingerprint density at radius 1 is 1.16 bits per heavy atom. The first-order valence-corrected chi connectivity index (χ1v) is 13.4. The molecule has 0 aliphatic carbocycles. The van der Waals surface area contributed by atoms with Gasteiger partial charge in [0.25, 0.3) is 0 Å². The number of aliphatic hydroxyl groups excluding tert-OH is 3. The summed E-state index contributed by atoms with van der Waals surface area (Å²) in [6.45, 7) is 4.75. The van der Waals surface area contributed by atoms with E-state index in [-0.39, 0.29) is 11.9 Å². The van der Waals surface area contributed by atoms with E-state index in [1.54, 1.807) is 13.2 Å². The van der Waals surface area contributed by atoms with E-state index in [1.165, 1.54) is 43.9 Å². The molecule has 2 aliphatic rings. The normalized spacial score (nSPS) is 36.4. The topological polar surface area (TPSA) is 111 Å². The third-order valence-electron chi connectivity index (χ3n) is 6.59. The number of aliphatic hydroxyl groups is 3. The van der Waals surface area contributed by atoms with E-state index < -0.39 is 41.3 Å². The number of carbonyl (C=O) groups excluding carboxylic acids is 1. The van der Waals surface area contributed by atoms with E-state index in [0.29, 0.717) is 5.92 Å². The Hall–Kier alpha value is -0.0900. The lowest BCUT2D eigenvalue weighted by molar-refractivity contribution is -0.205. The maximum absolute atomic E-state index is 13.0.